The predicted molar refractivity (Wildman–Crippen MR) is 48.5 cm³/mol. The lowest BCUT2D eigenvalue weighted by Gasteiger charge is -2.03. The van der Waals surface area contributed by atoms with Crippen molar-refractivity contribution in [3.63, 3.8) is 0 Å². The van der Waals surface area contributed by atoms with Gasteiger partial charge in [0.1, 0.15) is 6.29 Å². The maximum absolute atomic E-state index is 10.2. The smallest absolute Gasteiger partial charge is 0.145 e. The molecule has 1 atom stereocenters. The second-order valence-corrected chi connectivity index (χ2v) is 3.15. The van der Waals surface area contributed by atoms with E-state index in [1.165, 1.54) is 19.3 Å². The zero-order chi connectivity index (χ0) is 8.69. The summed E-state index contributed by atoms with van der Waals surface area (Å²) in [6.45, 7) is 6.20. The van der Waals surface area contributed by atoms with Crippen LogP contribution in [0, 0.1) is 5.92 Å². The van der Waals surface area contributed by atoms with E-state index in [-0.39, 0.29) is 0 Å². The summed E-state index contributed by atoms with van der Waals surface area (Å²) in [5.74, 6) is 0.556. The molecule has 0 heterocycles. The second kappa shape index (κ2) is 6.14. The van der Waals surface area contributed by atoms with Gasteiger partial charge in [-0.1, -0.05) is 32.8 Å². The first-order valence-electron chi connectivity index (χ1n) is 4.34. The fourth-order valence-corrected chi connectivity index (χ4v) is 1.10. The third-order valence-electron chi connectivity index (χ3n) is 1.75. The minimum Gasteiger partial charge on any atom is -0.298 e. The normalized spacial score (nSPS) is 14.6. The molecule has 0 saturated carbocycles. The van der Waals surface area contributed by atoms with Crippen LogP contribution in [-0.4, -0.2) is 6.29 Å². The molecule has 0 aliphatic rings. The summed E-state index contributed by atoms with van der Waals surface area (Å²) in [5, 5.41) is 0. The zero-order valence-corrected chi connectivity index (χ0v) is 7.76. The highest BCUT2D eigenvalue weighted by Gasteiger charge is 1.96. The van der Waals surface area contributed by atoms with Crippen molar-refractivity contribution in [3.05, 3.63) is 11.6 Å². The Labute approximate surface area is 69.5 Å². The quantitative estimate of drug-likeness (QED) is 0.439. The molecule has 64 valence electrons. The van der Waals surface area contributed by atoms with Gasteiger partial charge < -0.3 is 0 Å². The first-order valence-corrected chi connectivity index (χ1v) is 4.34. The zero-order valence-electron chi connectivity index (χ0n) is 7.76. The van der Waals surface area contributed by atoms with Crippen LogP contribution in [0.3, 0.4) is 0 Å². The largest absolute Gasteiger partial charge is 0.298 e. The first kappa shape index (κ1) is 10.4. The van der Waals surface area contributed by atoms with E-state index < -0.39 is 0 Å². The molecule has 0 aromatic rings. The van der Waals surface area contributed by atoms with Crippen LogP contribution in [0.25, 0.3) is 0 Å². The van der Waals surface area contributed by atoms with E-state index in [1.54, 1.807) is 0 Å². The van der Waals surface area contributed by atoms with Crippen molar-refractivity contribution >= 4 is 6.29 Å². The van der Waals surface area contributed by atoms with E-state index in [0.29, 0.717) is 5.92 Å². The van der Waals surface area contributed by atoms with Gasteiger partial charge in [0, 0.05) is 0 Å². The third-order valence-corrected chi connectivity index (χ3v) is 1.75. The van der Waals surface area contributed by atoms with Gasteiger partial charge in [-0.2, -0.15) is 0 Å². The summed E-state index contributed by atoms with van der Waals surface area (Å²) < 4.78 is 0. The van der Waals surface area contributed by atoms with Gasteiger partial charge in [-0.05, 0) is 24.8 Å². The molecule has 0 N–H and O–H groups in total. The maximum atomic E-state index is 10.2. The molecule has 0 rings (SSSR count). The molecule has 1 heteroatoms. The molecule has 1 unspecified atom stereocenters. The van der Waals surface area contributed by atoms with Gasteiger partial charge >= 0.3 is 0 Å². The fraction of sp³-hybridized carbons (Fsp3) is 0.700. The minimum atomic E-state index is 0.556. The number of allylic oxidation sites excluding steroid dienone is 2. The van der Waals surface area contributed by atoms with Crippen LogP contribution in [0.1, 0.15) is 40.0 Å². The Morgan fingerprint density at radius 1 is 1.55 bits per heavy atom. The van der Waals surface area contributed by atoms with Gasteiger partial charge in [-0.15, -0.1) is 0 Å². The lowest BCUT2D eigenvalue weighted by Crippen LogP contribution is -1.91. The molecule has 0 spiro atoms. The number of unbranched alkanes of at least 4 members (excludes halogenated alkanes) is 1. The molecule has 0 fully saturated rings. The molecular formula is C10H18O. The monoisotopic (exact) mass is 154 g/mol. The summed E-state index contributed by atoms with van der Waals surface area (Å²) in [6.07, 6.45) is 6.65. The lowest BCUT2D eigenvalue weighted by atomic mass is 10.0. The van der Waals surface area contributed by atoms with Crippen molar-refractivity contribution in [1.29, 1.82) is 0 Å². The highest BCUT2D eigenvalue weighted by atomic mass is 16.1. The maximum Gasteiger partial charge on any atom is 0.145 e. The van der Waals surface area contributed by atoms with Gasteiger partial charge in [0.15, 0.2) is 0 Å². The topological polar surface area (TPSA) is 17.1 Å². The molecule has 0 bridgehead atoms. The second-order valence-electron chi connectivity index (χ2n) is 3.15. The number of carbonyl (C=O) groups is 1. The minimum absolute atomic E-state index is 0.556. The SMILES string of the molecule is CCCCC(C)/C=C(\C)C=O. The molecule has 0 radical (unpaired) electrons. The lowest BCUT2D eigenvalue weighted by molar-refractivity contribution is -0.104. The highest BCUT2D eigenvalue weighted by molar-refractivity contribution is 5.72. The first-order chi connectivity index (χ1) is 5.20. The van der Waals surface area contributed by atoms with E-state index in [1.807, 2.05) is 13.0 Å². The van der Waals surface area contributed by atoms with E-state index in [9.17, 15) is 4.79 Å². The molecule has 0 aliphatic carbocycles. The Morgan fingerprint density at radius 2 is 2.18 bits per heavy atom. The van der Waals surface area contributed by atoms with Gasteiger partial charge in [0.2, 0.25) is 0 Å². The standard InChI is InChI=1S/C10H18O/c1-4-5-6-9(2)7-10(3)8-11/h7-9H,4-6H2,1-3H3/b10-7+. The van der Waals surface area contributed by atoms with E-state index >= 15 is 0 Å². The number of hydrogen-bond acceptors (Lipinski definition) is 1. The van der Waals surface area contributed by atoms with Crippen LogP contribution in [0.15, 0.2) is 11.6 Å². The molecule has 0 aliphatic heterocycles. The number of carbonyl (C=O) groups excluding carboxylic acids is 1. The van der Waals surface area contributed by atoms with Crippen molar-refractivity contribution in [1.82, 2.24) is 0 Å². The molecule has 0 saturated heterocycles. The number of hydrogen-bond donors (Lipinski definition) is 0. The Morgan fingerprint density at radius 3 is 2.64 bits per heavy atom. The molecule has 11 heavy (non-hydrogen) atoms. The fourth-order valence-electron chi connectivity index (χ4n) is 1.10. The highest BCUT2D eigenvalue weighted by Crippen LogP contribution is 2.10. The van der Waals surface area contributed by atoms with Gasteiger partial charge in [0.05, 0.1) is 0 Å². The molecule has 1 nitrogen and oxygen atoms in total. The summed E-state index contributed by atoms with van der Waals surface area (Å²) in [7, 11) is 0. The number of rotatable bonds is 5. The van der Waals surface area contributed by atoms with E-state index in [4.69, 9.17) is 0 Å². The average Bonchev–Trinajstić information content (AvgIpc) is 2.00. The third kappa shape index (κ3) is 5.84. The summed E-state index contributed by atoms with van der Waals surface area (Å²) in [5.41, 5.74) is 0.855. The Bertz CT molecular complexity index is 136. The summed E-state index contributed by atoms with van der Waals surface area (Å²) >= 11 is 0. The Hall–Kier alpha value is -0.590. The van der Waals surface area contributed by atoms with Crippen LogP contribution in [0.2, 0.25) is 0 Å². The van der Waals surface area contributed by atoms with Crippen molar-refractivity contribution < 1.29 is 4.79 Å². The van der Waals surface area contributed by atoms with Crippen molar-refractivity contribution in [2.75, 3.05) is 0 Å². The van der Waals surface area contributed by atoms with Crippen LogP contribution in [-0.2, 0) is 4.79 Å². The van der Waals surface area contributed by atoms with Gasteiger partial charge in [0.25, 0.3) is 0 Å². The van der Waals surface area contributed by atoms with E-state index in [2.05, 4.69) is 13.8 Å². The predicted octanol–water partition coefficient (Wildman–Crippen LogP) is 2.96. The van der Waals surface area contributed by atoms with Crippen molar-refractivity contribution in [3.8, 4) is 0 Å². The van der Waals surface area contributed by atoms with Gasteiger partial charge in [-0.25, -0.2) is 0 Å². The van der Waals surface area contributed by atoms with Crippen LogP contribution < -0.4 is 0 Å². The van der Waals surface area contributed by atoms with Crippen molar-refractivity contribution in [2.24, 2.45) is 5.92 Å². The number of aldehydes is 1. The molecule has 0 amide bonds. The molecule has 0 aromatic heterocycles. The van der Waals surface area contributed by atoms with Crippen LogP contribution in [0.4, 0.5) is 0 Å². The summed E-state index contributed by atoms with van der Waals surface area (Å²) in [6, 6.07) is 0. The van der Waals surface area contributed by atoms with Crippen molar-refractivity contribution in [2.45, 2.75) is 40.0 Å². The van der Waals surface area contributed by atoms with Crippen LogP contribution in [0.5, 0.6) is 0 Å². The van der Waals surface area contributed by atoms with Gasteiger partial charge in [-0.3, -0.25) is 4.79 Å². The van der Waals surface area contributed by atoms with E-state index in [0.717, 1.165) is 11.9 Å². The Kier molecular flexibility index (Phi) is 5.81. The Balaban J connectivity index is 3.66. The molecular weight excluding hydrogens is 136 g/mol. The summed E-state index contributed by atoms with van der Waals surface area (Å²) in [4.78, 5) is 10.2. The average molecular weight is 154 g/mol. The molecule has 0 aromatic carbocycles. The van der Waals surface area contributed by atoms with Crippen LogP contribution >= 0.6 is 0 Å².